The molecule has 3 rings (SSSR count). The zero-order valence-electron chi connectivity index (χ0n) is 11.1. The molecule has 2 N–H and O–H groups in total. The van der Waals surface area contributed by atoms with Crippen LogP contribution in [-0.4, -0.2) is 29.2 Å². The number of primary sulfonamides is 1. The van der Waals surface area contributed by atoms with Gasteiger partial charge in [-0.05, 0) is 36.4 Å². The molecule has 0 atom stereocenters. The lowest BCUT2D eigenvalue weighted by Crippen LogP contribution is -2.12. The fourth-order valence-corrected chi connectivity index (χ4v) is 2.33. The summed E-state index contributed by atoms with van der Waals surface area (Å²) in [5.41, 5.74) is 0.656. The summed E-state index contributed by atoms with van der Waals surface area (Å²) in [6.07, 6.45) is 2.82. The molecule has 1 aromatic carbocycles. The maximum absolute atomic E-state index is 12.0. The summed E-state index contributed by atoms with van der Waals surface area (Å²) in [4.78, 5) is 12.0. The summed E-state index contributed by atoms with van der Waals surface area (Å²) >= 11 is 0. The summed E-state index contributed by atoms with van der Waals surface area (Å²) in [5.74, 6) is -0.228. The number of aromatic nitrogens is 3. The number of nitrogens with two attached hydrogens (primary N) is 1. The van der Waals surface area contributed by atoms with Gasteiger partial charge in [0.15, 0.2) is 11.5 Å². The smallest absolute Gasteiger partial charge is 0.250 e. The molecule has 0 spiro atoms. The Kier molecular flexibility index (Phi) is 3.35. The Hall–Kier alpha value is -2.78. The molecule has 0 amide bonds. The number of hydrogen-bond donors (Lipinski definition) is 1. The van der Waals surface area contributed by atoms with E-state index in [2.05, 4.69) is 10.3 Å². The van der Waals surface area contributed by atoms with Gasteiger partial charge in [-0.1, -0.05) is 5.21 Å². The van der Waals surface area contributed by atoms with E-state index in [1.54, 1.807) is 6.07 Å². The van der Waals surface area contributed by atoms with Gasteiger partial charge in [0, 0.05) is 0 Å². The summed E-state index contributed by atoms with van der Waals surface area (Å²) < 4.78 is 28.7. The van der Waals surface area contributed by atoms with Gasteiger partial charge in [-0.2, -0.15) is 0 Å². The van der Waals surface area contributed by atoms with Crippen LogP contribution in [0.4, 0.5) is 0 Å². The van der Waals surface area contributed by atoms with Crippen molar-refractivity contribution in [3.05, 3.63) is 60.3 Å². The second-order valence-corrected chi connectivity index (χ2v) is 5.96. The average molecular weight is 318 g/mol. The molecule has 0 aliphatic carbocycles. The SMILES string of the molecule is NS(=O)(=O)c1ccc(-n2cc(C(=O)c3ccco3)nn2)cc1. The van der Waals surface area contributed by atoms with Gasteiger partial charge in [-0.3, -0.25) is 4.79 Å². The highest BCUT2D eigenvalue weighted by Crippen LogP contribution is 2.13. The predicted molar refractivity (Wildman–Crippen MR) is 74.9 cm³/mol. The van der Waals surface area contributed by atoms with Crippen LogP contribution in [0.25, 0.3) is 5.69 Å². The number of sulfonamides is 1. The van der Waals surface area contributed by atoms with Gasteiger partial charge in [0.25, 0.3) is 0 Å². The molecule has 2 aromatic heterocycles. The maximum atomic E-state index is 12.0. The van der Waals surface area contributed by atoms with Gasteiger partial charge in [-0.15, -0.1) is 5.10 Å². The third kappa shape index (κ3) is 2.67. The second-order valence-electron chi connectivity index (χ2n) is 4.39. The van der Waals surface area contributed by atoms with Gasteiger partial charge in [0.1, 0.15) is 0 Å². The van der Waals surface area contributed by atoms with Crippen molar-refractivity contribution in [1.29, 1.82) is 0 Å². The van der Waals surface area contributed by atoms with Crippen molar-refractivity contribution in [3.8, 4) is 5.69 Å². The number of hydrogen-bond acceptors (Lipinski definition) is 6. The highest BCUT2D eigenvalue weighted by Gasteiger charge is 2.16. The van der Waals surface area contributed by atoms with Crippen molar-refractivity contribution < 1.29 is 17.6 Å². The molecule has 0 fully saturated rings. The number of furan rings is 1. The predicted octanol–water partition coefficient (Wildman–Crippen LogP) is 0.739. The van der Waals surface area contributed by atoms with E-state index in [4.69, 9.17) is 9.56 Å². The van der Waals surface area contributed by atoms with Gasteiger partial charge < -0.3 is 4.42 Å². The lowest BCUT2D eigenvalue weighted by atomic mass is 10.2. The minimum absolute atomic E-state index is 0.0109. The van der Waals surface area contributed by atoms with E-state index in [0.717, 1.165) is 0 Å². The maximum Gasteiger partial charge on any atom is 0.250 e. The molecule has 22 heavy (non-hydrogen) atoms. The highest BCUT2D eigenvalue weighted by atomic mass is 32.2. The van der Waals surface area contributed by atoms with E-state index < -0.39 is 15.8 Å². The number of nitrogens with zero attached hydrogens (tertiary/aromatic N) is 3. The number of ketones is 1. The van der Waals surface area contributed by atoms with Crippen molar-refractivity contribution >= 4 is 15.8 Å². The van der Waals surface area contributed by atoms with Crippen LogP contribution in [0.3, 0.4) is 0 Å². The van der Waals surface area contributed by atoms with Crippen LogP contribution >= 0.6 is 0 Å². The lowest BCUT2D eigenvalue weighted by Gasteiger charge is -2.01. The average Bonchev–Trinajstić information content (AvgIpc) is 3.17. The highest BCUT2D eigenvalue weighted by molar-refractivity contribution is 7.89. The van der Waals surface area contributed by atoms with Crippen LogP contribution in [0.15, 0.2) is 58.2 Å². The molecule has 0 saturated carbocycles. The van der Waals surface area contributed by atoms with E-state index in [9.17, 15) is 13.2 Å². The number of rotatable bonds is 4. The number of carbonyl (C=O) groups excluding carboxylic acids is 1. The minimum atomic E-state index is -3.75. The van der Waals surface area contributed by atoms with Gasteiger partial charge in [-0.25, -0.2) is 18.2 Å². The molecule has 0 aliphatic rings. The zero-order valence-corrected chi connectivity index (χ0v) is 11.9. The Morgan fingerprint density at radius 1 is 1.18 bits per heavy atom. The fraction of sp³-hybridized carbons (Fsp3) is 0. The molecule has 0 radical (unpaired) electrons. The van der Waals surface area contributed by atoms with Crippen LogP contribution in [0.2, 0.25) is 0 Å². The summed E-state index contributed by atoms with van der Waals surface area (Å²) in [5, 5.41) is 12.6. The van der Waals surface area contributed by atoms with Crippen molar-refractivity contribution in [2.24, 2.45) is 5.14 Å². The first-order valence-corrected chi connectivity index (χ1v) is 7.63. The van der Waals surface area contributed by atoms with Crippen molar-refractivity contribution in [2.75, 3.05) is 0 Å². The first-order valence-electron chi connectivity index (χ1n) is 6.09. The zero-order chi connectivity index (χ0) is 15.7. The van der Waals surface area contributed by atoms with Crippen LogP contribution < -0.4 is 5.14 Å². The number of benzene rings is 1. The van der Waals surface area contributed by atoms with Crippen LogP contribution in [-0.2, 0) is 10.0 Å². The molecule has 0 unspecified atom stereocenters. The summed E-state index contributed by atoms with van der Waals surface area (Å²) in [7, 11) is -3.75. The standard InChI is InChI=1S/C13H10N4O4S/c14-22(19,20)10-5-3-9(4-6-10)17-8-11(15-16-17)13(18)12-2-1-7-21-12/h1-8H,(H2,14,19,20). The molecule has 0 saturated heterocycles. The summed E-state index contributed by atoms with van der Waals surface area (Å²) in [6, 6.07) is 8.85. The van der Waals surface area contributed by atoms with E-state index >= 15 is 0 Å². The van der Waals surface area contributed by atoms with E-state index in [-0.39, 0.29) is 16.3 Å². The van der Waals surface area contributed by atoms with Crippen LogP contribution in [0, 0.1) is 0 Å². The van der Waals surface area contributed by atoms with E-state index in [0.29, 0.717) is 5.69 Å². The molecular formula is C13H10N4O4S. The first-order chi connectivity index (χ1) is 10.4. The lowest BCUT2D eigenvalue weighted by molar-refractivity contribution is 0.100. The third-order valence-electron chi connectivity index (χ3n) is 2.90. The van der Waals surface area contributed by atoms with Crippen LogP contribution in [0.1, 0.15) is 16.2 Å². The monoisotopic (exact) mass is 318 g/mol. The molecule has 8 nitrogen and oxygen atoms in total. The Bertz CT molecular complexity index is 911. The van der Waals surface area contributed by atoms with Gasteiger partial charge in [0.05, 0.1) is 23.0 Å². The van der Waals surface area contributed by atoms with Crippen molar-refractivity contribution in [1.82, 2.24) is 15.0 Å². The van der Waals surface area contributed by atoms with E-state index in [1.165, 1.54) is 47.5 Å². The van der Waals surface area contributed by atoms with Crippen molar-refractivity contribution in [3.63, 3.8) is 0 Å². The second kappa shape index (κ2) is 5.20. The molecule has 2 heterocycles. The summed E-state index contributed by atoms with van der Waals surface area (Å²) in [6.45, 7) is 0. The molecule has 0 bridgehead atoms. The minimum Gasteiger partial charge on any atom is -0.461 e. The fourth-order valence-electron chi connectivity index (χ4n) is 1.82. The molecule has 112 valence electrons. The van der Waals surface area contributed by atoms with Crippen LogP contribution in [0.5, 0.6) is 0 Å². The Labute approximate surface area is 125 Å². The Balaban J connectivity index is 1.89. The molecule has 0 aliphatic heterocycles. The van der Waals surface area contributed by atoms with Crippen molar-refractivity contribution in [2.45, 2.75) is 4.90 Å². The quantitative estimate of drug-likeness (QED) is 0.708. The van der Waals surface area contributed by atoms with Gasteiger partial charge in [0.2, 0.25) is 15.8 Å². The molecule has 3 aromatic rings. The molecule has 9 heteroatoms. The first kappa shape index (κ1) is 14.2. The number of carbonyl (C=O) groups is 1. The third-order valence-corrected chi connectivity index (χ3v) is 3.83. The molecular weight excluding hydrogens is 308 g/mol. The Morgan fingerprint density at radius 3 is 2.50 bits per heavy atom. The normalized spacial score (nSPS) is 11.5. The topological polar surface area (TPSA) is 121 Å². The largest absolute Gasteiger partial charge is 0.461 e. The van der Waals surface area contributed by atoms with E-state index in [1.807, 2.05) is 0 Å². The van der Waals surface area contributed by atoms with Gasteiger partial charge >= 0.3 is 0 Å². The Morgan fingerprint density at radius 2 is 1.91 bits per heavy atom.